The Morgan fingerprint density at radius 2 is 1.96 bits per heavy atom. The predicted octanol–water partition coefficient (Wildman–Crippen LogP) is 1.99. The van der Waals surface area contributed by atoms with E-state index in [1.54, 1.807) is 19.1 Å². The van der Waals surface area contributed by atoms with Crippen molar-refractivity contribution >= 4 is 27.6 Å². The minimum atomic E-state index is -3.95. The average Bonchev–Trinajstić information content (AvgIpc) is 2.61. The van der Waals surface area contributed by atoms with E-state index in [-0.39, 0.29) is 29.1 Å². The normalized spacial score (nSPS) is 11.0. The molecular formula is C17H18N2O6S. The fourth-order valence-electron chi connectivity index (χ4n) is 2.44. The van der Waals surface area contributed by atoms with Crippen molar-refractivity contribution in [1.29, 1.82) is 0 Å². The van der Waals surface area contributed by atoms with Crippen molar-refractivity contribution in [3.63, 3.8) is 0 Å². The molecule has 0 saturated heterocycles. The Morgan fingerprint density at radius 1 is 1.23 bits per heavy atom. The number of nitrogens with one attached hydrogen (secondary N) is 1. The Hall–Kier alpha value is -2.94. The highest BCUT2D eigenvalue weighted by Gasteiger charge is 2.21. The number of carboxylic acids is 1. The molecule has 0 saturated carbocycles. The van der Waals surface area contributed by atoms with Gasteiger partial charge in [0.05, 0.1) is 18.4 Å². The second-order valence-electron chi connectivity index (χ2n) is 5.42. The summed E-state index contributed by atoms with van der Waals surface area (Å²) in [5, 5.41) is 9.11. The molecule has 1 aromatic carbocycles. The number of carbonyl (C=O) groups excluding carboxylic acids is 1. The summed E-state index contributed by atoms with van der Waals surface area (Å²) >= 11 is 0. The van der Waals surface area contributed by atoms with Gasteiger partial charge in [-0.3, -0.25) is 9.52 Å². The number of hydrogen-bond donors (Lipinski definition) is 2. The van der Waals surface area contributed by atoms with Crippen LogP contribution in [0.1, 0.15) is 27.9 Å². The molecular weight excluding hydrogens is 360 g/mol. The SMILES string of the molecule is COC(=O)CCc1c(NS(=O)(=O)c2ccccn2)ccc(C(=O)O)c1C. The quantitative estimate of drug-likeness (QED) is 0.706. The fraction of sp³-hybridized carbons (Fsp3) is 0.235. The monoisotopic (exact) mass is 378 g/mol. The highest BCUT2D eigenvalue weighted by molar-refractivity contribution is 7.92. The molecule has 26 heavy (non-hydrogen) atoms. The van der Waals surface area contributed by atoms with Gasteiger partial charge in [0.2, 0.25) is 0 Å². The Balaban J connectivity index is 2.45. The Morgan fingerprint density at radius 3 is 2.54 bits per heavy atom. The van der Waals surface area contributed by atoms with Crippen molar-refractivity contribution in [2.45, 2.75) is 24.8 Å². The summed E-state index contributed by atoms with van der Waals surface area (Å²) in [6.07, 6.45) is 1.46. The third kappa shape index (κ3) is 4.37. The number of benzene rings is 1. The number of esters is 1. The van der Waals surface area contributed by atoms with Gasteiger partial charge in [0.1, 0.15) is 0 Å². The number of rotatable bonds is 7. The predicted molar refractivity (Wildman–Crippen MR) is 93.5 cm³/mol. The minimum absolute atomic E-state index is 0.0152. The van der Waals surface area contributed by atoms with E-state index in [2.05, 4.69) is 14.4 Å². The van der Waals surface area contributed by atoms with E-state index in [1.807, 2.05) is 0 Å². The summed E-state index contributed by atoms with van der Waals surface area (Å²) in [5.74, 6) is -1.62. The maximum absolute atomic E-state index is 12.5. The summed E-state index contributed by atoms with van der Waals surface area (Å²) in [6.45, 7) is 1.56. The number of ether oxygens (including phenoxy) is 1. The molecule has 2 rings (SSSR count). The zero-order valence-corrected chi connectivity index (χ0v) is 15.0. The maximum atomic E-state index is 12.5. The molecule has 0 atom stereocenters. The smallest absolute Gasteiger partial charge is 0.335 e. The van der Waals surface area contributed by atoms with Crippen LogP contribution in [0.4, 0.5) is 5.69 Å². The molecule has 0 aliphatic rings. The molecule has 8 nitrogen and oxygen atoms in total. The maximum Gasteiger partial charge on any atom is 0.335 e. The molecule has 0 aliphatic heterocycles. The first-order valence-corrected chi connectivity index (χ1v) is 9.11. The van der Waals surface area contributed by atoms with Crippen LogP contribution >= 0.6 is 0 Å². The van der Waals surface area contributed by atoms with Crippen LogP contribution in [0.2, 0.25) is 0 Å². The van der Waals surface area contributed by atoms with Gasteiger partial charge in [-0.2, -0.15) is 8.42 Å². The number of nitrogens with zero attached hydrogens (tertiary/aromatic N) is 1. The second kappa shape index (κ2) is 7.96. The number of carboxylic acid groups (broad SMARTS) is 1. The van der Waals surface area contributed by atoms with Gasteiger partial charge in [-0.15, -0.1) is 0 Å². The number of hydrogen-bond acceptors (Lipinski definition) is 6. The van der Waals surface area contributed by atoms with Gasteiger partial charge in [0.25, 0.3) is 10.0 Å². The number of sulfonamides is 1. The lowest BCUT2D eigenvalue weighted by Gasteiger charge is -2.16. The Labute approximate surface area is 150 Å². The van der Waals surface area contributed by atoms with Crippen molar-refractivity contribution in [1.82, 2.24) is 4.98 Å². The molecule has 0 amide bonds. The van der Waals surface area contributed by atoms with E-state index >= 15 is 0 Å². The van der Waals surface area contributed by atoms with Crippen LogP contribution in [0, 0.1) is 6.92 Å². The van der Waals surface area contributed by atoms with Crippen LogP contribution in [0.3, 0.4) is 0 Å². The Bertz CT molecular complexity index is 926. The average molecular weight is 378 g/mol. The molecule has 0 radical (unpaired) electrons. The third-order valence-electron chi connectivity index (χ3n) is 3.79. The van der Waals surface area contributed by atoms with Crippen LogP contribution in [0.15, 0.2) is 41.6 Å². The molecule has 0 unspecified atom stereocenters. The largest absolute Gasteiger partial charge is 0.478 e. The van der Waals surface area contributed by atoms with Crippen molar-refractivity contribution in [3.05, 3.63) is 53.2 Å². The van der Waals surface area contributed by atoms with E-state index in [0.717, 1.165) is 0 Å². The molecule has 0 spiro atoms. The second-order valence-corrected chi connectivity index (χ2v) is 7.05. The lowest BCUT2D eigenvalue weighted by atomic mass is 9.97. The minimum Gasteiger partial charge on any atom is -0.478 e. The zero-order valence-electron chi connectivity index (χ0n) is 14.2. The third-order valence-corrected chi connectivity index (χ3v) is 5.07. The lowest BCUT2D eigenvalue weighted by molar-refractivity contribution is -0.140. The Kier molecular flexibility index (Phi) is 5.93. The lowest BCUT2D eigenvalue weighted by Crippen LogP contribution is -2.17. The fourth-order valence-corrected chi connectivity index (χ4v) is 3.48. The molecule has 1 aromatic heterocycles. The number of methoxy groups -OCH3 is 1. The number of aromatic nitrogens is 1. The van der Waals surface area contributed by atoms with Gasteiger partial charge < -0.3 is 9.84 Å². The van der Waals surface area contributed by atoms with Gasteiger partial charge in [-0.25, -0.2) is 9.78 Å². The van der Waals surface area contributed by atoms with Crippen LogP contribution in [0.25, 0.3) is 0 Å². The topological polar surface area (TPSA) is 123 Å². The van der Waals surface area contributed by atoms with Gasteiger partial charge in [-0.05, 0) is 48.7 Å². The molecule has 9 heteroatoms. The van der Waals surface area contributed by atoms with Gasteiger partial charge >= 0.3 is 11.9 Å². The van der Waals surface area contributed by atoms with E-state index in [1.165, 1.54) is 31.5 Å². The molecule has 0 aliphatic carbocycles. The first-order valence-electron chi connectivity index (χ1n) is 7.62. The van der Waals surface area contributed by atoms with Crippen LogP contribution in [-0.4, -0.2) is 37.6 Å². The first-order chi connectivity index (χ1) is 12.3. The van der Waals surface area contributed by atoms with Crippen molar-refractivity contribution < 1.29 is 27.9 Å². The zero-order chi connectivity index (χ0) is 19.3. The van der Waals surface area contributed by atoms with E-state index in [0.29, 0.717) is 11.1 Å². The van der Waals surface area contributed by atoms with E-state index in [9.17, 15) is 23.1 Å². The van der Waals surface area contributed by atoms with Crippen molar-refractivity contribution in [3.8, 4) is 0 Å². The summed E-state index contributed by atoms with van der Waals surface area (Å²) in [6, 6.07) is 7.15. The van der Waals surface area contributed by atoms with E-state index < -0.39 is 22.0 Å². The highest BCUT2D eigenvalue weighted by atomic mass is 32.2. The molecule has 2 aromatic rings. The van der Waals surface area contributed by atoms with Gasteiger partial charge in [-0.1, -0.05) is 6.07 Å². The standard InChI is InChI=1S/C17H18N2O6S/c1-11-12(7-9-16(20)25-2)14(8-6-13(11)17(21)22)19-26(23,24)15-5-3-4-10-18-15/h3-6,8,10,19H,7,9H2,1-2H3,(H,21,22). The summed E-state index contributed by atoms with van der Waals surface area (Å²) in [5.41, 5.74) is 1.02. The molecule has 0 fully saturated rings. The molecule has 138 valence electrons. The molecule has 2 N–H and O–H groups in total. The van der Waals surface area contributed by atoms with E-state index in [4.69, 9.17) is 0 Å². The summed E-state index contributed by atoms with van der Waals surface area (Å²) in [7, 11) is -2.71. The first kappa shape index (κ1) is 19.4. The van der Waals surface area contributed by atoms with Gasteiger partial charge in [0, 0.05) is 12.6 Å². The van der Waals surface area contributed by atoms with Crippen molar-refractivity contribution in [2.75, 3.05) is 11.8 Å². The van der Waals surface area contributed by atoms with Crippen LogP contribution < -0.4 is 4.72 Å². The summed E-state index contributed by atoms with van der Waals surface area (Å²) in [4.78, 5) is 26.6. The highest BCUT2D eigenvalue weighted by Crippen LogP contribution is 2.27. The van der Waals surface area contributed by atoms with Crippen LogP contribution in [-0.2, 0) is 26.0 Å². The number of carbonyl (C=O) groups is 2. The number of aromatic carboxylic acids is 1. The molecule has 0 bridgehead atoms. The van der Waals surface area contributed by atoms with Crippen molar-refractivity contribution in [2.24, 2.45) is 0 Å². The summed E-state index contributed by atoms with van der Waals surface area (Å²) < 4.78 is 32.0. The number of pyridine rings is 1. The molecule has 1 heterocycles. The van der Waals surface area contributed by atoms with Gasteiger partial charge in [0.15, 0.2) is 5.03 Å². The number of anilines is 1. The van der Waals surface area contributed by atoms with Crippen LogP contribution in [0.5, 0.6) is 0 Å².